The fraction of sp³-hybridized carbons (Fsp3) is 0.700. The van der Waals surface area contributed by atoms with Crippen molar-refractivity contribution in [3.05, 3.63) is 12.2 Å². The summed E-state index contributed by atoms with van der Waals surface area (Å²) in [6.45, 7) is 0. The summed E-state index contributed by atoms with van der Waals surface area (Å²) in [5, 5.41) is 0. The van der Waals surface area contributed by atoms with Gasteiger partial charge in [0.15, 0.2) is 0 Å². The maximum Gasteiger partial charge on any atom is 0.330 e. The first-order valence-electron chi connectivity index (χ1n) is 4.55. The minimum atomic E-state index is -0.316. The largest absolute Gasteiger partial charge is 0.466 e. The molecule has 0 aromatic heterocycles. The highest BCUT2D eigenvalue weighted by Gasteiger charge is 2.30. The molecule has 0 unspecified atom stereocenters. The first kappa shape index (κ1) is 10.3. The Kier molecular flexibility index (Phi) is 3.48. The van der Waals surface area contributed by atoms with Crippen LogP contribution in [0.15, 0.2) is 12.2 Å². The van der Waals surface area contributed by atoms with E-state index in [4.69, 9.17) is 4.74 Å². The van der Waals surface area contributed by atoms with Gasteiger partial charge in [0.25, 0.3) is 0 Å². The van der Waals surface area contributed by atoms with Gasteiger partial charge in [-0.3, -0.25) is 0 Å². The quantitative estimate of drug-likeness (QED) is 0.494. The summed E-state index contributed by atoms with van der Waals surface area (Å²) < 4.78 is 9.92. The van der Waals surface area contributed by atoms with Crippen LogP contribution >= 0.6 is 0 Å². The highest BCUT2D eigenvalue weighted by Crippen LogP contribution is 2.33. The third-order valence-electron chi connectivity index (χ3n) is 2.58. The molecule has 1 rings (SSSR count). The summed E-state index contributed by atoms with van der Waals surface area (Å²) in [5.74, 6) is -0.316. The lowest BCUT2D eigenvalue weighted by Crippen LogP contribution is -2.24. The van der Waals surface area contributed by atoms with Gasteiger partial charge in [0, 0.05) is 13.2 Å². The maximum absolute atomic E-state index is 10.9. The molecule has 3 heteroatoms. The molecule has 0 bridgehead atoms. The normalized spacial score (nSPS) is 20.8. The molecule has 0 saturated heterocycles. The molecule has 0 atom stereocenters. The Morgan fingerprint density at radius 3 is 2.38 bits per heavy atom. The number of carbonyl (C=O) groups excluding carboxylic acids is 1. The van der Waals surface area contributed by atoms with Gasteiger partial charge in [-0.25, -0.2) is 4.79 Å². The van der Waals surface area contributed by atoms with E-state index in [1.807, 2.05) is 6.08 Å². The third-order valence-corrected chi connectivity index (χ3v) is 2.58. The average Bonchev–Trinajstić information content (AvgIpc) is 2.63. The fourth-order valence-electron chi connectivity index (χ4n) is 1.70. The van der Waals surface area contributed by atoms with Crippen LogP contribution in [0.25, 0.3) is 0 Å². The number of hydrogen-bond donors (Lipinski definition) is 0. The molecule has 0 spiro atoms. The minimum absolute atomic E-state index is 0.214. The predicted molar refractivity (Wildman–Crippen MR) is 49.4 cm³/mol. The van der Waals surface area contributed by atoms with Crippen molar-refractivity contribution in [1.82, 2.24) is 0 Å². The molecule has 1 saturated carbocycles. The fourth-order valence-corrected chi connectivity index (χ4v) is 1.70. The summed E-state index contributed by atoms with van der Waals surface area (Å²) in [5.41, 5.74) is -0.214. The zero-order valence-corrected chi connectivity index (χ0v) is 8.21. The lowest BCUT2D eigenvalue weighted by atomic mass is 10.0. The Hall–Kier alpha value is -0.830. The first-order chi connectivity index (χ1) is 6.22. The molecule has 0 heterocycles. The van der Waals surface area contributed by atoms with E-state index in [2.05, 4.69) is 4.74 Å². The second kappa shape index (κ2) is 4.42. The standard InChI is InChI=1S/C10H16O3/c1-12-9(11)5-8-10(13-2)6-3-4-7-10/h5,8H,3-4,6-7H2,1-2H3/b8-5+. The lowest BCUT2D eigenvalue weighted by molar-refractivity contribution is -0.135. The minimum Gasteiger partial charge on any atom is -0.466 e. The summed E-state index contributed by atoms with van der Waals surface area (Å²) in [6.07, 6.45) is 7.60. The molecular weight excluding hydrogens is 168 g/mol. The Bertz CT molecular complexity index is 202. The van der Waals surface area contributed by atoms with Gasteiger partial charge >= 0.3 is 5.97 Å². The molecule has 0 radical (unpaired) electrons. The molecule has 13 heavy (non-hydrogen) atoms. The van der Waals surface area contributed by atoms with Gasteiger partial charge in [0.1, 0.15) is 0 Å². The van der Waals surface area contributed by atoms with Crippen molar-refractivity contribution in [2.75, 3.05) is 14.2 Å². The predicted octanol–water partition coefficient (Wildman–Crippen LogP) is 1.67. The van der Waals surface area contributed by atoms with E-state index in [-0.39, 0.29) is 11.6 Å². The van der Waals surface area contributed by atoms with E-state index in [1.54, 1.807) is 7.11 Å². The number of ether oxygens (including phenoxy) is 2. The van der Waals surface area contributed by atoms with Gasteiger partial charge in [-0.1, -0.05) is 12.8 Å². The van der Waals surface area contributed by atoms with Crippen molar-refractivity contribution >= 4 is 5.97 Å². The number of carbonyl (C=O) groups is 1. The summed E-state index contributed by atoms with van der Waals surface area (Å²) >= 11 is 0. The van der Waals surface area contributed by atoms with Crippen molar-refractivity contribution in [2.45, 2.75) is 31.3 Å². The van der Waals surface area contributed by atoms with Crippen LogP contribution in [0.3, 0.4) is 0 Å². The second-order valence-corrected chi connectivity index (χ2v) is 3.33. The number of rotatable bonds is 3. The SMILES string of the molecule is COC(=O)/C=C/C1(OC)CCCC1. The Labute approximate surface area is 78.7 Å². The van der Waals surface area contributed by atoms with Crippen LogP contribution in [0.1, 0.15) is 25.7 Å². The van der Waals surface area contributed by atoms with Gasteiger partial charge in [-0.05, 0) is 18.9 Å². The maximum atomic E-state index is 10.9. The topological polar surface area (TPSA) is 35.5 Å². The van der Waals surface area contributed by atoms with Crippen LogP contribution in [0.2, 0.25) is 0 Å². The summed E-state index contributed by atoms with van der Waals surface area (Å²) in [7, 11) is 3.06. The highest BCUT2D eigenvalue weighted by atomic mass is 16.5. The summed E-state index contributed by atoms with van der Waals surface area (Å²) in [4.78, 5) is 10.9. The zero-order valence-electron chi connectivity index (χ0n) is 8.21. The second-order valence-electron chi connectivity index (χ2n) is 3.33. The van der Waals surface area contributed by atoms with E-state index in [0.29, 0.717) is 0 Å². The average molecular weight is 184 g/mol. The molecule has 1 fully saturated rings. The van der Waals surface area contributed by atoms with E-state index >= 15 is 0 Å². The van der Waals surface area contributed by atoms with Gasteiger partial charge in [-0.2, -0.15) is 0 Å². The molecule has 0 N–H and O–H groups in total. The van der Waals surface area contributed by atoms with E-state index in [1.165, 1.54) is 26.0 Å². The smallest absolute Gasteiger partial charge is 0.330 e. The van der Waals surface area contributed by atoms with Crippen molar-refractivity contribution < 1.29 is 14.3 Å². The van der Waals surface area contributed by atoms with Crippen molar-refractivity contribution in [3.63, 3.8) is 0 Å². The van der Waals surface area contributed by atoms with Crippen LogP contribution in [-0.4, -0.2) is 25.8 Å². The molecule has 74 valence electrons. The molecule has 0 aromatic rings. The highest BCUT2D eigenvalue weighted by molar-refractivity contribution is 5.81. The number of esters is 1. The van der Waals surface area contributed by atoms with Crippen LogP contribution in [0.4, 0.5) is 0 Å². The molecule has 1 aliphatic carbocycles. The first-order valence-corrected chi connectivity index (χ1v) is 4.55. The van der Waals surface area contributed by atoms with Gasteiger partial charge in [0.05, 0.1) is 12.7 Å². The van der Waals surface area contributed by atoms with E-state index in [0.717, 1.165) is 12.8 Å². The van der Waals surface area contributed by atoms with Gasteiger partial charge in [-0.15, -0.1) is 0 Å². The number of methoxy groups -OCH3 is 2. The van der Waals surface area contributed by atoms with Crippen LogP contribution < -0.4 is 0 Å². The lowest BCUT2D eigenvalue weighted by Gasteiger charge is -2.22. The molecule has 0 amide bonds. The van der Waals surface area contributed by atoms with Crippen molar-refractivity contribution in [2.24, 2.45) is 0 Å². The van der Waals surface area contributed by atoms with Crippen molar-refractivity contribution in [1.29, 1.82) is 0 Å². The van der Waals surface area contributed by atoms with Crippen molar-refractivity contribution in [3.8, 4) is 0 Å². The molecular formula is C10H16O3. The molecule has 0 aromatic carbocycles. The molecule has 0 aliphatic heterocycles. The Morgan fingerprint density at radius 1 is 1.31 bits per heavy atom. The van der Waals surface area contributed by atoms with E-state index in [9.17, 15) is 4.79 Å². The van der Waals surface area contributed by atoms with Gasteiger partial charge in [0.2, 0.25) is 0 Å². The van der Waals surface area contributed by atoms with Crippen LogP contribution in [0, 0.1) is 0 Å². The van der Waals surface area contributed by atoms with E-state index < -0.39 is 0 Å². The molecule has 1 aliphatic rings. The van der Waals surface area contributed by atoms with Gasteiger partial charge < -0.3 is 9.47 Å². The number of hydrogen-bond acceptors (Lipinski definition) is 3. The third kappa shape index (κ3) is 2.56. The zero-order chi connectivity index (χ0) is 9.73. The Morgan fingerprint density at radius 2 is 1.92 bits per heavy atom. The van der Waals surface area contributed by atoms with Crippen LogP contribution in [0.5, 0.6) is 0 Å². The van der Waals surface area contributed by atoms with Crippen LogP contribution in [-0.2, 0) is 14.3 Å². The monoisotopic (exact) mass is 184 g/mol. The Balaban J connectivity index is 2.57. The molecule has 3 nitrogen and oxygen atoms in total. The summed E-state index contributed by atoms with van der Waals surface area (Å²) in [6, 6.07) is 0.